The van der Waals surface area contributed by atoms with Crippen LogP contribution in [0.5, 0.6) is 0 Å². The Balaban J connectivity index is 1.75. The van der Waals surface area contributed by atoms with Crippen LogP contribution < -0.4 is 10.6 Å². The van der Waals surface area contributed by atoms with Crippen molar-refractivity contribution in [2.75, 3.05) is 33.7 Å². The summed E-state index contributed by atoms with van der Waals surface area (Å²) in [5, 5.41) is 5.39. The third kappa shape index (κ3) is 4.91. The average Bonchev–Trinajstić information content (AvgIpc) is 3.07. The number of benzene rings is 1. The quantitative estimate of drug-likeness (QED) is 0.772. The van der Waals surface area contributed by atoms with Gasteiger partial charge in [-0.1, -0.05) is 0 Å². The third-order valence-electron chi connectivity index (χ3n) is 4.00. The first kappa shape index (κ1) is 18.7. The van der Waals surface area contributed by atoms with Crippen molar-refractivity contribution in [1.82, 2.24) is 20.4 Å². The van der Waals surface area contributed by atoms with Gasteiger partial charge in [0, 0.05) is 39.3 Å². The van der Waals surface area contributed by atoms with Gasteiger partial charge in [-0.15, -0.1) is 0 Å². The summed E-state index contributed by atoms with van der Waals surface area (Å²) >= 11 is 0. The predicted octanol–water partition coefficient (Wildman–Crippen LogP) is 0.818. The van der Waals surface area contributed by atoms with Crippen molar-refractivity contribution in [3.63, 3.8) is 0 Å². The van der Waals surface area contributed by atoms with Crippen molar-refractivity contribution in [3.8, 4) is 0 Å². The molecule has 0 radical (unpaired) electrons. The van der Waals surface area contributed by atoms with E-state index in [0.29, 0.717) is 18.5 Å². The first-order valence-electron chi connectivity index (χ1n) is 8.19. The summed E-state index contributed by atoms with van der Waals surface area (Å²) in [6.45, 7) is 1.07. The third-order valence-corrected chi connectivity index (χ3v) is 4.00. The first-order chi connectivity index (χ1) is 11.9. The fourth-order valence-corrected chi connectivity index (χ4v) is 2.71. The molecule has 1 aromatic rings. The number of nitrogens with one attached hydrogen (secondary N) is 2. The van der Waals surface area contributed by atoms with Gasteiger partial charge in [-0.05, 0) is 37.1 Å². The second-order valence-corrected chi connectivity index (χ2v) is 6.08. The minimum atomic E-state index is -0.470. The molecule has 2 rings (SSSR count). The van der Waals surface area contributed by atoms with E-state index in [2.05, 4.69) is 10.6 Å². The maximum Gasteiger partial charge on any atom is 0.320 e. The zero-order valence-electron chi connectivity index (χ0n) is 14.4. The molecule has 0 unspecified atom stereocenters. The van der Waals surface area contributed by atoms with E-state index in [9.17, 15) is 18.8 Å². The number of likely N-dealkylation sites (tertiary alicyclic amines) is 1. The SMILES string of the molecule is CN(C)C(=O)N1CCC[C@@H]1C(=O)NCCNC(=O)c1ccc(F)cc1. The van der Waals surface area contributed by atoms with E-state index in [1.54, 1.807) is 19.0 Å². The molecule has 8 heteroatoms. The zero-order valence-corrected chi connectivity index (χ0v) is 14.4. The lowest BCUT2D eigenvalue weighted by molar-refractivity contribution is -0.124. The number of rotatable bonds is 5. The smallest absolute Gasteiger partial charge is 0.320 e. The van der Waals surface area contributed by atoms with Gasteiger partial charge in [-0.25, -0.2) is 9.18 Å². The molecule has 1 saturated heterocycles. The van der Waals surface area contributed by atoms with Crippen LogP contribution in [0.1, 0.15) is 23.2 Å². The fraction of sp³-hybridized carbons (Fsp3) is 0.471. The Morgan fingerprint density at radius 3 is 2.44 bits per heavy atom. The highest BCUT2D eigenvalue weighted by Gasteiger charge is 2.34. The molecule has 0 aromatic heterocycles. The van der Waals surface area contributed by atoms with E-state index in [1.165, 1.54) is 29.2 Å². The summed E-state index contributed by atoms with van der Waals surface area (Å²) in [5.74, 6) is -0.958. The normalized spacial score (nSPS) is 16.4. The van der Waals surface area contributed by atoms with E-state index in [1.807, 2.05) is 0 Å². The van der Waals surface area contributed by atoms with E-state index < -0.39 is 11.9 Å². The molecular weight excluding hydrogens is 327 g/mol. The fourth-order valence-electron chi connectivity index (χ4n) is 2.71. The summed E-state index contributed by atoms with van der Waals surface area (Å²) in [6.07, 6.45) is 1.42. The minimum Gasteiger partial charge on any atom is -0.353 e. The molecule has 136 valence electrons. The Kier molecular flexibility index (Phi) is 6.32. The molecule has 1 aliphatic heterocycles. The molecule has 0 spiro atoms. The number of carbonyl (C=O) groups is 3. The Hall–Kier alpha value is -2.64. The van der Waals surface area contributed by atoms with Crippen LogP contribution in [0.25, 0.3) is 0 Å². The molecule has 25 heavy (non-hydrogen) atoms. The van der Waals surface area contributed by atoms with Gasteiger partial charge in [-0.3, -0.25) is 9.59 Å². The monoisotopic (exact) mass is 350 g/mol. The van der Waals surface area contributed by atoms with Gasteiger partial charge in [0.05, 0.1) is 0 Å². The van der Waals surface area contributed by atoms with Gasteiger partial charge in [0.2, 0.25) is 5.91 Å². The van der Waals surface area contributed by atoms with Crippen LogP contribution in [-0.2, 0) is 4.79 Å². The van der Waals surface area contributed by atoms with Gasteiger partial charge in [0.25, 0.3) is 5.91 Å². The Morgan fingerprint density at radius 2 is 1.80 bits per heavy atom. The molecule has 2 N–H and O–H groups in total. The van der Waals surface area contributed by atoms with E-state index in [-0.39, 0.29) is 30.9 Å². The van der Waals surface area contributed by atoms with Crippen LogP contribution in [0, 0.1) is 5.82 Å². The van der Waals surface area contributed by atoms with Crippen LogP contribution in [0.15, 0.2) is 24.3 Å². The maximum atomic E-state index is 12.8. The summed E-state index contributed by atoms with van der Waals surface area (Å²) < 4.78 is 12.8. The highest BCUT2D eigenvalue weighted by atomic mass is 19.1. The Bertz CT molecular complexity index is 633. The molecule has 4 amide bonds. The number of nitrogens with zero attached hydrogens (tertiary/aromatic N) is 2. The lowest BCUT2D eigenvalue weighted by Gasteiger charge is -2.26. The first-order valence-corrected chi connectivity index (χ1v) is 8.19. The maximum absolute atomic E-state index is 12.8. The molecule has 1 atom stereocenters. The van der Waals surface area contributed by atoms with Crippen LogP contribution in [0.3, 0.4) is 0 Å². The molecular formula is C17H23FN4O3. The lowest BCUT2D eigenvalue weighted by atomic mass is 10.2. The largest absolute Gasteiger partial charge is 0.353 e. The second kappa shape index (κ2) is 8.46. The molecule has 1 heterocycles. The number of carbonyl (C=O) groups excluding carboxylic acids is 3. The number of urea groups is 1. The highest BCUT2D eigenvalue weighted by molar-refractivity contribution is 5.94. The molecule has 0 saturated carbocycles. The summed E-state index contributed by atoms with van der Waals surface area (Å²) in [4.78, 5) is 39.2. The molecule has 1 aromatic carbocycles. The Labute approximate surface area is 146 Å². The van der Waals surface area contributed by atoms with E-state index >= 15 is 0 Å². The van der Waals surface area contributed by atoms with Crippen LogP contribution in [0.2, 0.25) is 0 Å². The van der Waals surface area contributed by atoms with Gasteiger partial charge in [0.1, 0.15) is 11.9 Å². The van der Waals surface area contributed by atoms with Gasteiger partial charge in [0.15, 0.2) is 0 Å². The van der Waals surface area contributed by atoms with Crippen molar-refractivity contribution in [1.29, 1.82) is 0 Å². The molecule has 1 fully saturated rings. The van der Waals surface area contributed by atoms with Crippen LogP contribution >= 0.6 is 0 Å². The van der Waals surface area contributed by atoms with Crippen molar-refractivity contribution in [2.45, 2.75) is 18.9 Å². The van der Waals surface area contributed by atoms with Crippen LogP contribution in [-0.4, -0.2) is 67.4 Å². The van der Waals surface area contributed by atoms with Gasteiger partial charge in [-0.2, -0.15) is 0 Å². The summed E-state index contributed by atoms with van der Waals surface area (Å²) in [6, 6.07) is 4.57. The number of halogens is 1. The number of amides is 4. The Morgan fingerprint density at radius 1 is 1.16 bits per heavy atom. The average molecular weight is 350 g/mol. The zero-order chi connectivity index (χ0) is 18.4. The second-order valence-electron chi connectivity index (χ2n) is 6.08. The molecule has 1 aliphatic rings. The molecule has 0 aliphatic carbocycles. The number of hydrogen-bond donors (Lipinski definition) is 2. The summed E-state index contributed by atoms with van der Waals surface area (Å²) in [5.41, 5.74) is 0.353. The predicted molar refractivity (Wildman–Crippen MR) is 90.6 cm³/mol. The van der Waals surface area contributed by atoms with Crippen molar-refractivity contribution in [2.24, 2.45) is 0 Å². The van der Waals surface area contributed by atoms with Crippen LogP contribution in [0.4, 0.5) is 9.18 Å². The summed E-state index contributed by atoms with van der Waals surface area (Å²) in [7, 11) is 3.31. The van der Waals surface area contributed by atoms with Gasteiger partial charge >= 0.3 is 6.03 Å². The standard InChI is InChI=1S/C17H23FN4O3/c1-21(2)17(25)22-11-3-4-14(22)16(24)20-10-9-19-15(23)12-5-7-13(18)8-6-12/h5-8,14H,3-4,9-11H2,1-2H3,(H,19,23)(H,20,24)/t14-/m1/s1. The number of hydrogen-bond acceptors (Lipinski definition) is 3. The van der Waals surface area contributed by atoms with E-state index in [0.717, 1.165) is 6.42 Å². The van der Waals surface area contributed by atoms with Crippen molar-refractivity contribution >= 4 is 17.8 Å². The highest BCUT2D eigenvalue weighted by Crippen LogP contribution is 2.18. The lowest BCUT2D eigenvalue weighted by Crippen LogP contribution is -2.50. The van der Waals surface area contributed by atoms with Crippen molar-refractivity contribution in [3.05, 3.63) is 35.6 Å². The molecule has 7 nitrogen and oxygen atoms in total. The van der Waals surface area contributed by atoms with E-state index in [4.69, 9.17) is 0 Å². The van der Waals surface area contributed by atoms with Gasteiger partial charge < -0.3 is 20.4 Å². The topological polar surface area (TPSA) is 81.8 Å². The molecule has 0 bridgehead atoms. The van der Waals surface area contributed by atoms with Crippen molar-refractivity contribution < 1.29 is 18.8 Å². The minimum absolute atomic E-state index is 0.178.